The lowest BCUT2D eigenvalue weighted by atomic mass is 9.92. The van der Waals surface area contributed by atoms with E-state index in [2.05, 4.69) is 10.3 Å². The van der Waals surface area contributed by atoms with E-state index < -0.39 is 18.0 Å². The van der Waals surface area contributed by atoms with Gasteiger partial charge in [-0.05, 0) is 48.2 Å². The molecule has 1 aromatic carbocycles. The van der Waals surface area contributed by atoms with Gasteiger partial charge in [-0.1, -0.05) is 24.3 Å². The maximum absolute atomic E-state index is 13.7. The number of hydrogen-bond donors (Lipinski definition) is 2. The monoisotopic (exact) mass is 437 g/mol. The van der Waals surface area contributed by atoms with Crippen LogP contribution < -0.4 is 16.0 Å². The van der Waals surface area contributed by atoms with Gasteiger partial charge in [-0.3, -0.25) is 9.78 Å². The number of carbonyl (C=O) groups is 1. The molecule has 8 heteroatoms. The van der Waals surface area contributed by atoms with E-state index in [1.54, 1.807) is 42.7 Å². The third-order valence-electron chi connectivity index (χ3n) is 5.57. The molecule has 1 saturated heterocycles. The number of benzene rings is 1. The molecule has 0 radical (unpaired) electrons. The Morgan fingerprint density at radius 2 is 2.12 bits per heavy atom. The molecule has 1 aliphatic heterocycles. The second-order valence-corrected chi connectivity index (χ2v) is 7.87. The molecule has 0 aliphatic carbocycles. The van der Waals surface area contributed by atoms with E-state index >= 15 is 0 Å². The molecular weight excluding hydrogens is 412 g/mol. The third-order valence-corrected chi connectivity index (χ3v) is 5.57. The molecule has 3 heterocycles. The van der Waals surface area contributed by atoms with Crippen LogP contribution in [0.5, 0.6) is 0 Å². The molecule has 6 nitrogen and oxygen atoms in total. The maximum Gasteiger partial charge on any atom is 0.229 e. The number of nitrogens with zero attached hydrogens (tertiary/aromatic N) is 3. The predicted octanol–water partition coefficient (Wildman–Crippen LogP) is 3.44. The minimum absolute atomic E-state index is 0.288. The Hall–Kier alpha value is -3.55. The highest BCUT2D eigenvalue weighted by molar-refractivity contribution is 5.87. The van der Waals surface area contributed by atoms with Gasteiger partial charge < -0.3 is 16.0 Å². The van der Waals surface area contributed by atoms with E-state index in [-0.39, 0.29) is 12.4 Å². The molecular formula is C24H25F2N5O. The van der Waals surface area contributed by atoms with Crippen LogP contribution in [0.3, 0.4) is 0 Å². The zero-order valence-electron chi connectivity index (χ0n) is 17.5. The SMILES string of the molecule is NC(=O)C(c1cccnc1)c1ccc(N2CC[C@H](F)C2)nc1NCCc1cccc(F)c1. The average Bonchev–Trinajstić information content (AvgIpc) is 3.22. The van der Waals surface area contributed by atoms with Crippen molar-refractivity contribution in [2.24, 2.45) is 5.73 Å². The number of rotatable bonds is 8. The Balaban J connectivity index is 1.64. The van der Waals surface area contributed by atoms with E-state index in [9.17, 15) is 13.6 Å². The highest BCUT2D eigenvalue weighted by Gasteiger charge is 2.27. The van der Waals surface area contributed by atoms with Gasteiger partial charge >= 0.3 is 0 Å². The summed E-state index contributed by atoms with van der Waals surface area (Å²) in [6, 6.07) is 13.5. The predicted molar refractivity (Wildman–Crippen MR) is 120 cm³/mol. The van der Waals surface area contributed by atoms with E-state index in [4.69, 9.17) is 10.7 Å². The normalized spacial score (nSPS) is 16.7. The van der Waals surface area contributed by atoms with Gasteiger partial charge in [0.25, 0.3) is 0 Å². The second-order valence-electron chi connectivity index (χ2n) is 7.87. The fourth-order valence-corrected chi connectivity index (χ4v) is 4.00. The van der Waals surface area contributed by atoms with Crippen molar-refractivity contribution >= 4 is 17.5 Å². The van der Waals surface area contributed by atoms with Crippen LogP contribution in [0.4, 0.5) is 20.4 Å². The largest absolute Gasteiger partial charge is 0.369 e. The molecule has 1 amide bonds. The van der Waals surface area contributed by atoms with Crippen molar-refractivity contribution in [3.8, 4) is 0 Å². The Morgan fingerprint density at radius 1 is 1.25 bits per heavy atom. The van der Waals surface area contributed by atoms with Crippen molar-refractivity contribution in [2.75, 3.05) is 29.9 Å². The zero-order valence-corrected chi connectivity index (χ0v) is 17.5. The van der Waals surface area contributed by atoms with Crippen molar-refractivity contribution in [1.29, 1.82) is 0 Å². The number of aromatic nitrogens is 2. The molecule has 2 atom stereocenters. The molecule has 3 aromatic rings. The second kappa shape index (κ2) is 9.72. The lowest BCUT2D eigenvalue weighted by molar-refractivity contribution is -0.118. The Kier molecular flexibility index (Phi) is 6.58. The summed E-state index contributed by atoms with van der Waals surface area (Å²) in [5.74, 6) is -0.422. The molecule has 166 valence electrons. The summed E-state index contributed by atoms with van der Waals surface area (Å²) >= 11 is 0. The first-order valence-electron chi connectivity index (χ1n) is 10.6. The van der Waals surface area contributed by atoms with Crippen molar-refractivity contribution in [3.05, 3.63) is 83.4 Å². The van der Waals surface area contributed by atoms with Crippen LogP contribution in [-0.4, -0.2) is 41.7 Å². The van der Waals surface area contributed by atoms with Gasteiger partial charge in [0.15, 0.2) is 0 Å². The maximum atomic E-state index is 13.7. The lowest BCUT2D eigenvalue weighted by Gasteiger charge is -2.22. The van der Waals surface area contributed by atoms with Gasteiger partial charge in [-0.15, -0.1) is 0 Å². The summed E-state index contributed by atoms with van der Waals surface area (Å²) < 4.78 is 27.2. The van der Waals surface area contributed by atoms with Gasteiger partial charge in [-0.2, -0.15) is 0 Å². The first kappa shape index (κ1) is 21.7. The quantitative estimate of drug-likeness (QED) is 0.564. The van der Waals surface area contributed by atoms with Crippen molar-refractivity contribution in [1.82, 2.24) is 9.97 Å². The number of amides is 1. The minimum atomic E-state index is -0.880. The van der Waals surface area contributed by atoms with E-state index in [0.29, 0.717) is 48.7 Å². The summed E-state index contributed by atoms with van der Waals surface area (Å²) in [6.45, 7) is 1.34. The average molecular weight is 437 g/mol. The topological polar surface area (TPSA) is 84.1 Å². The molecule has 3 N–H and O–H groups in total. The summed E-state index contributed by atoms with van der Waals surface area (Å²) in [7, 11) is 0. The van der Waals surface area contributed by atoms with Crippen LogP contribution in [-0.2, 0) is 11.2 Å². The van der Waals surface area contributed by atoms with Crippen molar-refractivity contribution < 1.29 is 13.6 Å². The highest BCUT2D eigenvalue weighted by atomic mass is 19.1. The van der Waals surface area contributed by atoms with Gasteiger partial charge in [0.1, 0.15) is 23.6 Å². The molecule has 0 spiro atoms. The summed E-state index contributed by atoms with van der Waals surface area (Å²) in [6.07, 6.45) is 3.38. The standard InChI is InChI=1S/C24H25F2N5O/c25-18-5-1-3-16(13-18)8-11-29-24-20(22(23(27)32)17-4-2-10-28-14-17)6-7-21(30-24)31-12-9-19(26)15-31/h1-7,10,13-14,19,22H,8-9,11-12,15H2,(H2,27,32)(H,29,30)/t19-,22?/m0/s1. The van der Waals surface area contributed by atoms with E-state index in [1.807, 2.05) is 11.0 Å². The van der Waals surface area contributed by atoms with Gasteiger partial charge in [0.05, 0.1) is 12.5 Å². The van der Waals surface area contributed by atoms with Crippen LogP contribution in [0.15, 0.2) is 60.9 Å². The molecule has 0 saturated carbocycles. The zero-order chi connectivity index (χ0) is 22.5. The van der Waals surface area contributed by atoms with Crippen LogP contribution in [0, 0.1) is 5.82 Å². The van der Waals surface area contributed by atoms with Gasteiger partial charge in [0.2, 0.25) is 5.91 Å². The number of primary amides is 1. The molecule has 32 heavy (non-hydrogen) atoms. The van der Waals surface area contributed by atoms with E-state index in [1.165, 1.54) is 12.1 Å². The number of carbonyl (C=O) groups excluding carboxylic acids is 1. The number of pyridine rings is 2. The van der Waals surface area contributed by atoms with Crippen LogP contribution in [0.25, 0.3) is 0 Å². The molecule has 2 aromatic heterocycles. The Morgan fingerprint density at radius 3 is 2.81 bits per heavy atom. The molecule has 1 aliphatic rings. The van der Waals surface area contributed by atoms with Crippen molar-refractivity contribution in [2.45, 2.75) is 24.9 Å². The number of halogens is 2. The fraction of sp³-hybridized carbons (Fsp3) is 0.292. The molecule has 4 rings (SSSR count). The van der Waals surface area contributed by atoms with Gasteiger partial charge in [-0.25, -0.2) is 13.8 Å². The Labute approximate surface area is 185 Å². The number of alkyl halides is 1. The number of anilines is 2. The first-order valence-corrected chi connectivity index (χ1v) is 10.6. The Bertz CT molecular complexity index is 1080. The van der Waals surface area contributed by atoms with E-state index in [0.717, 1.165) is 5.56 Å². The number of hydrogen-bond acceptors (Lipinski definition) is 5. The molecule has 1 unspecified atom stereocenters. The van der Waals surface area contributed by atoms with Crippen LogP contribution >= 0.6 is 0 Å². The number of nitrogens with one attached hydrogen (secondary N) is 1. The van der Waals surface area contributed by atoms with Crippen molar-refractivity contribution in [3.63, 3.8) is 0 Å². The molecule has 1 fully saturated rings. The third kappa shape index (κ3) is 5.01. The highest BCUT2D eigenvalue weighted by Crippen LogP contribution is 2.32. The summed E-state index contributed by atoms with van der Waals surface area (Å²) in [5, 5.41) is 3.28. The molecule has 0 bridgehead atoms. The van der Waals surface area contributed by atoms with Gasteiger partial charge in [0, 0.05) is 31.0 Å². The van der Waals surface area contributed by atoms with Crippen LogP contribution in [0.2, 0.25) is 0 Å². The smallest absolute Gasteiger partial charge is 0.229 e. The summed E-state index contributed by atoms with van der Waals surface area (Å²) in [5.41, 5.74) is 7.88. The first-order chi connectivity index (χ1) is 15.5. The fourth-order valence-electron chi connectivity index (χ4n) is 4.00. The van der Waals surface area contributed by atoms with Crippen LogP contribution in [0.1, 0.15) is 29.0 Å². The summed E-state index contributed by atoms with van der Waals surface area (Å²) in [4.78, 5) is 23.1. The number of nitrogens with two attached hydrogens (primary N) is 1. The minimum Gasteiger partial charge on any atom is -0.369 e. The lowest BCUT2D eigenvalue weighted by Crippen LogP contribution is -2.26.